The highest BCUT2D eigenvalue weighted by Crippen LogP contribution is 2.16. The lowest BCUT2D eigenvalue weighted by Gasteiger charge is -2.33. The topological polar surface area (TPSA) is 33.7 Å². The summed E-state index contributed by atoms with van der Waals surface area (Å²) in [5.41, 5.74) is -0.0170. The van der Waals surface area contributed by atoms with E-state index in [1.165, 1.54) is 25.9 Å². The van der Waals surface area contributed by atoms with Gasteiger partial charge in [-0.15, -0.1) is 0 Å². The Kier molecular flexibility index (Phi) is 7.91. The van der Waals surface area contributed by atoms with Crippen LogP contribution in [-0.4, -0.2) is 63.5 Å². The number of hydrogen-bond acceptors (Lipinski definition) is 4. The van der Waals surface area contributed by atoms with Gasteiger partial charge in [-0.05, 0) is 52.6 Å². The van der Waals surface area contributed by atoms with Crippen LogP contribution in [-0.2, 0) is 9.47 Å². The molecule has 0 bridgehead atoms. The predicted molar refractivity (Wildman–Crippen MR) is 79.6 cm³/mol. The largest absolute Gasteiger partial charge is 0.383 e. The predicted octanol–water partition coefficient (Wildman–Crippen LogP) is 1.75. The molecule has 1 saturated heterocycles. The first-order valence-electron chi connectivity index (χ1n) is 7.57. The van der Waals surface area contributed by atoms with Crippen LogP contribution >= 0.6 is 0 Å². The van der Waals surface area contributed by atoms with Crippen molar-refractivity contribution in [3.63, 3.8) is 0 Å². The highest BCUT2D eigenvalue weighted by atomic mass is 16.5. The molecule has 1 N–H and O–H groups in total. The number of nitrogens with one attached hydrogen (secondary N) is 1. The number of rotatable bonds is 8. The molecule has 4 nitrogen and oxygen atoms in total. The lowest BCUT2D eigenvalue weighted by atomic mass is 9.98. The Morgan fingerprint density at radius 1 is 1.26 bits per heavy atom. The van der Waals surface area contributed by atoms with Gasteiger partial charge in [0.05, 0.1) is 18.8 Å². The third-order valence-corrected chi connectivity index (χ3v) is 3.46. The van der Waals surface area contributed by atoms with Crippen LogP contribution in [0.25, 0.3) is 0 Å². The molecule has 1 aliphatic heterocycles. The third kappa shape index (κ3) is 8.58. The van der Waals surface area contributed by atoms with Gasteiger partial charge in [0, 0.05) is 26.7 Å². The number of nitrogens with zero attached hydrogens (tertiary/aromatic N) is 1. The zero-order valence-electron chi connectivity index (χ0n) is 13.2. The van der Waals surface area contributed by atoms with Crippen molar-refractivity contribution in [3.8, 4) is 0 Å². The minimum Gasteiger partial charge on any atom is -0.383 e. The smallest absolute Gasteiger partial charge is 0.0600 e. The van der Waals surface area contributed by atoms with Gasteiger partial charge < -0.3 is 19.7 Å². The average molecular weight is 272 g/mol. The molecule has 1 fully saturated rings. The fourth-order valence-corrected chi connectivity index (χ4v) is 2.48. The zero-order chi connectivity index (χ0) is 14.1. The molecule has 1 unspecified atom stereocenters. The Hall–Kier alpha value is -0.160. The summed E-state index contributed by atoms with van der Waals surface area (Å²) in [5.74, 6) is 0.778. The summed E-state index contributed by atoms with van der Waals surface area (Å²) in [6.07, 6.45) is 2.66. The standard InChI is InChI=1S/C15H32N2O2/c1-15(2,3)19-11-9-17-8-5-6-14(13-17)12-16-7-10-18-4/h14,16H,5-13H2,1-4H3. The molecule has 0 aromatic rings. The van der Waals surface area contributed by atoms with Crippen molar-refractivity contribution in [2.24, 2.45) is 5.92 Å². The fourth-order valence-electron chi connectivity index (χ4n) is 2.48. The Morgan fingerprint density at radius 3 is 2.74 bits per heavy atom. The van der Waals surface area contributed by atoms with Crippen molar-refractivity contribution in [2.75, 3.05) is 53.0 Å². The fraction of sp³-hybridized carbons (Fsp3) is 1.00. The molecule has 0 aliphatic carbocycles. The second kappa shape index (κ2) is 8.90. The summed E-state index contributed by atoms with van der Waals surface area (Å²) in [6, 6.07) is 0. The highest BCUT2D eigenvalue weighted by Gasteiger charge is 2.20. The van der Waals surface area contributed by atoms with Crippen molar-refractivity contribution in [1.82, 2.24) is 10.2 Å². The van der Waals surface area contributed by atoms with E-state index in [0.717, 1.165) is 38.8 Å². The quantitative estimate of drug-likeness (QED) is 0.683. The second-order valence-corrected chi connectivity index (χ2v) is 6.47. The van der Waals surface area contributed by atoms with Crippen LogP contribution in [0, 0.1) is 5.92 Å². The maximum atomic E-state index is 5.81. The van der Waals surface area contributed by atoms with E-state index in [1.54, 1.807) is 7.11 Å². The van der Waals surface area contributed by atoms with Crippen LogP contribution in [0.1, 0.15) is 33.6 Å². The van der Waals surface area contributed by atoms with E-state index < -0.39 is 0 Å². The molecular weight excluding hydrogens is 240 g/mol. The lowest BCUT2D eigenvalue weighted by Crippen LogP contribution is -2.42. The van der Waals surface area contributed by atoms with Gasteiger partial charge in [-0.2, -0.15) is 0 Å². The van der Waals surface area contributed by atoms with Gasteiger partial charge in [0.1, 0.15) is 0 Å². The van der Waals surface area contributed by atoms with E-state index in [9.17, 15) is 0 Å². The molecule has 4 heteroatoms. The van der Waals surface area contributed by atoms with Crippen LogP contribution in [0.15, 0.2) is 0 Å². The van der Waals surface area contributed by atoms with Crippen LogP contribution in [0.3, 0.4) is 0 Å². The summed E-state index contributed by atoms with van der Waals surface area (Å²) >= 11 is 0. The molecule has 0 amide bonds. The first-order chi connectivity index (χ1) is 9.01. The highest BCUT2D eigenvalue weighted by molar-refractivity contribution is 4.74. The normalized spacial score (nSPS) is 21.8. The summed E-state index contributed by atoms with van der Waals surface area (Å²) in [5, 5.41) is 3.47. The molecular formula is C15H32N2O2. The van der Waals surface area contributed by atoms with E-state index >= 15 is 0 Å². The van der Waals surface area contributed by atoms with Gasteiger partial charge in [-0.1, -0.05) is 0 Å². The Labute approximate surface area is 118 Å². The number of ether oxygens (including phenoxy) is 2. The molecule has 0 saturated carbocycles. The zero-order valence-corrected chi connectivity index (χ0v) is 13.2. The van der Waals surface area contributed by atoms with Crippen LogP contribution in [0.4, 0.5) is 0 Å². The summed E-state index contributed by atoms with van der Waals surface area (Å²) < 4.78 is 10.9. The monoisotopic (exact) mass is 272 g/mol. The Morgan fingerprint density at radius 2 is 2.05 bits per heavy atom. The minimum atomic E-state index is -0.0170. The van der Waals surface area contributed by atoms with Crippen molar-refractivity contribution in [3.05, 3.63) is 0 Å². The maximum Gasteiger partial charge on any atom is 0.0600 e. The second-order valence-electron chi connectivity index (χ2n) is 6.47. The van der Waals surface area contributed by atoms with Gasteiger partial charge in [0.25, 0.3) is 0 Å². The molecule has 1 atom stereocenters. The van der Waals surface area contributed by atoms with Crippen molar-refractivity contribution in [2.45, 2.75) is 39.2 Å². The van der Waals surface area contributed by atoms with Crippen LogP contribution in [0.5, 0.6) is 0 Å². The molecule has 0 spiro atoms. The van der Waals surface area contributed by atoms with Crippen molar-refractivity contribution < 1.29 is 9.47 Å². The molecule has 19 heavy (non-hydrogen) atoms. The SMILES string of the molecule is COCCNCC1CCCN(CCOC(C)(C)C)C1. The number of piperidine rings is 1. The molecule has 1 aliphatic rings. The molecule has 1 heterocycles. The van der Waals surface area contributed by atoms with Gasteiger partial charge in [-0.3, -0.25) is 0 Å². The van der Waals surface area contributed by atoms with E-state index in [-0.39, 0.29) is 5.60 Å². The minimum absolute atomic E-state index is 0.0170. The first kappa shape index (κ1) is 16.9. The van der Waals surface area contributed by atoms with Gasteiger partial charge in [0.15, 0.2) is 0 Å². The van der Waals surface area contributed by atoms with E-state index in [0.29, 0.717) is 0 Å². The van der Waals surface area contributed by atoms with Crippen LogP contribution < -0.4 is 5.32 Å². The van der Waals surface area contributed by atoms with Crippen LogP contribution in [0.2, 0.25) is 0 Å². The molecule has 0 aromatic carbocycles. The van der Waals surface area contributed by atoms with E-state index in [2.05, 4.69) is 31.0 Å². The Bertz CT molecular complexity index is 229. The number of methoxy groups -OCH3 is 1. The van der Waals surface area contributed by atoms with E-state index in [1.807, 2.05) is 0 Å². The summed E-state index contributed by atoms with van der Waals surface area (Å²) in [6.45, 7) is 13.5. The van der Waals surface area contributed by atoms with Crippen molar-refractivity contribution >= 4 is 0 Å². The van der Waals surface area contributed by atoms with Gasteiger partial charge in [-0.25, -0.2) is 0 Å². The maximum absolute atomic E-state index is 5.81. The van der Waals surface area contributed by atoms with E-state index in [4.69, 9.17) is 9.47 Å². The number of likely N-dealkylation sites (tertiary alicyclic amines) is 1. The Balaban J connectivity index is 2.12. The average Bonchev–Trinajstić information content (AvgIpc) is 2.34. The first-order valence-corrected chi connectivity index (χ1v) is 7.57. The van der Waals surface area contributed by atoms with Crippen molar-refractivity contribution in [1.29, 1.82) is 0 Å². The molecule has 0 aromatic heterocycles. The third-order valence-electron chi connectivity index (χ3n) is 3.46. The molecule has 114 valence electrons. The van der Waals surface area contributed by atoms with Gasteiger partial charge >= 0.3 is 0 Å². The molecule has 1 rings (SSSR count). The molecule has 0 radical (unpaired) electrons. The van der Waals surface area contributed by atoms with Gasteiger partial charge in [0.2, 0.25) is 0 Å². The number of hydrogen-bond donors (Lipinski definition) is 1. The summed E-state index contributed by atoms with van der Waals surface area (Å²) in [4.78, 5) is 2.54. The lowest BCUT2D eigenvalue weighted by molar-refractivity contribution is -0.0170. The summed E-state index contributed by atoms with van der Waals surface area (Å²) in [7, 11) is 1.75.